The topological polar surface area (TPSA) is 304 Å². The largest absolute Gasteiger partial charge is 0.378 e. The van der Waals surface area contributed by atoms with Crippen molar-refractivity contribution in [3.05, 3.63) is 54.5 Å². The Kier molecular flexibility index (Phi) is 29.0. The zero-order valence-corrected chi connectivity index (χ0v) is 47.7. The third-order valence-electron chi connectivity index (χ3n) is 13.6. The second-order valence-corrected chi connectivity index (χ2v) is 19.6. The molecule has 0 radical (unpaired) electrons. The molecule has 29 heteroatoms. The summed E-state index contributed by atoms with van der Waals surface area (Å²) < 4.78 is 67.8. The number of piperidine rings is 1. The fraction of sp³-hybridized carbons (Fsp3) is 0.673. The Balaban J connectivity index is 0.557. The number of hydrogen-bond acceptors (Lipinski definition) is 24. The van der Waals surface area contributed by atoms with E-state index in [-0.39, 0.29) is 62.8 Å². The number of hydrogen-bond donors (Lipinski definition) is 1. The molecular weight excluding hydrogens is 1100 g/mol. The van der Waals surface area contributed by atoms with E-state index in [4.69, 9.17) is 61.7 Å². The average Bonchev–Trinajstić information content (AvgIpc) is 4.32. The summed E-state index contributed by atoms with van der Waals surface area (Å²) in [5, 5.41) is 11.9. The predicted molar refractivity (Wildman–Crippen MR) is 292 cm³/mol. The van der Waals surface area contributed by atoms with E-state index >= 15 is 0 Å². The van der Waals surface area contributed by atoms with E-state index in [1.165, 1.54) is 4.90 Å². The Morgan fingerprint density at radius 1 is 0.571 bits per heavy atom. The summed E-state index contributed by atoms with van der Waals surface area (Å²) in [6, 6.07) is 9.03. The van der Waals surface area contributed by atoms with Crippen LogP contribution in [0, 0.1) is 5.92 Å². The Morgan fingerprint density at radius 2 is 1.01 bits per heavy atom. The maximum Gasteiger partial charge on any atom is 0.335 e. The van der Waals surface area contributed by atoms with Gasteiger partial charge in [-0.05, 0) is 18.4 Å². The number of nitrogens with zero attached hydrogens (tertiary/aromatic N) is 9. The fourth-order valence-electron chi connectivity index (χ4n) is 8.89. The van der Waals surface area contributed by atoms with E-state index < -0.39 is 23.3 Å². The molecular formula is C55H80N10O19. The first-order valence-corrected chi connectivity index (χ1v) is 28.6. The van der Waals surface area contributed by atoms with Crippen LogP contribution in [0.5, 0.6) is 0 Å². The molecule has 464 valence electrons. The number of amides is 6. The fourth-order valence-corrected chi connectivity index (χ4v) is 8.89. The van der Waals surface area contributed by atoms with E-state index in [9.17, 15) is 28.8 Å². The summed E-state index contributed by atoms with van der Waals surface area (Å²) in [6.45, 7) is 12.4. The molecule has 0 atom stereocenters. The first-order chi connectivity index (χ1) is 41.2. The maximum atomic E-state index is 13.4. The van der Waals surface area contributed by atoms with Crippen LogP contribution in [0.2, 0.25) is 0 Å². The van der Waals surface area contributed by atoms with Gasteiger partial charge in [0.05, 0.1) is 190 Å². The highest BCUT2D eigenvalue weighted by atomic mass is 16.7. The molecule has 1 aromatic carbocycles. The number of nitrogens with one attached hydrogen (secondary N) is 1. The smallest absolute Gasteiger partial charge is 0.335 e. The maximum absolute atomic E-state index is 13.4. The van der Waals surface area contributed by atoms with E-state index in [0.717, 1.165) is 5.56 Å². The molecule has 0 bridgehead atoms. The SMILES string of the molecule is O=C(CCOCCOCCOCCOCCOCCOCCOCCOCCOCCOCCOCCOCCn1cc(-c2cnc(N3CC(C(=O)N4CCC5(CC4)NC(=O)N(Cc4ccccc4)C5=O)C3)nc2)nn1)ON1C(=O)CCC1=O. The Morgan fingerprint density at radius 3 is 1.48 bits per heavy atom. The van der Waals surface area contributed by atoms with Crippen LogP contribution < -0.4 is 10.2 Å². The number of rotatable bonds is 45. The third kappa shape index (κ3) is 22.3. The van der Waals surface area contributed by atoms with Gasteiger partial charge < -0.3 is 76.8 Å². The number of ether oxygens (including phenoxy) is 12. The summed E-state index contributed by atoms with van der Waals surface area (Å²) in [5.41, 5.74) is 1.26. The number of urea groups is 1. The molecule has 6 heterocycles. The molecule has 84 heavy (non-hydrogen) atoms. The lowest BCUT2D eigenvalue weighted by atomic mass is 9.86. The Hall–Kier alpha value is -6.22. The standard InChI is InChI=1S/C55H80N10O19/c66-48-6-7-49(67)65(48)84-50(68)8-14-72-16-18-74-20-22-76-24-26-78-28-30-80-32-34-82-36-37-83-35-33-81-31-29-79-27-25-77-23-21-75-19-17-73-15-13-63-43-47(59-60-63)45-38-56-53(57-39-45)62-41-46(42-62)51(69)61-11-9-55(10-12-61)52(70)64(54(71)58-55)40-44-4-2-1-3-5-44/h1-5,38-39,43,46H,6-37,40-42H2,(H,58,71). The number of benzene rings is 1. The van der Waals surface area contributed by atoms with Gasteiger partial charge in [0.25, 0.3) is 17.7 Å². The van der Waals surface area contributed by atoms with Gasteiger partial charge in [-0.1, -0.05) is 35.5 Å². The number of aromatic nitrogens is 5. The third-order valence-corrected chi connectivity index (χ3v) is 13.6. The van der Waals surface area contributed by atoms with Crippen molar-refractivity contribution < 1.29 is 90.4 Å². The highest BCUT2D eigenvalue weighted by Gasteiger charge is 2.53. The van der Waals surface area contributed by atoms with Crippen LogP contribution in [-0.2, 0) is 98.7 Å². The number of carbonyl (C=O) groups excluding carboxylic acids is 6. The molecule has 3 aromatic rings. The van der Waals surface area contributed by atoms with Gasteiger partial charge >= 0.3 is 12.0 Å². The van der Waals surface area contributed by atoms with Crippen molar-refractivity contribution in [1.29, 1.82) is 0 Å². The number of hydroxylamine groups is 2. The quantitative estimate of drug-likeness (QED) is 0.0457. The highest BCUT2D eigenvalue weighted by molar-refractivity contribution is 6.07. The van der Waals surface area contributed by atoms with Crippen LogP contribution in [0.3, 0.4) is 0 Å². The van der Waals surface area contributed by atoms with E-state index in [1.54, 1.807) is 22.0 Å². The lowest BCUT2D eigenvalue weighted by Gasteiger charge is -2.43. The summed E-state index contributed by atoms with van der Waals surface area (Å²) >= 11 is 0. The second-order valence-electron chi connectivity index (χ2n) is 19.6. The lowest BCUT2D eigenvalue weighted by Crippen LogP contribution is -2.60. The van der Waals surface area contributed by atoms with Crippen molar-refractivity contribution in [2.24, 2.45) is 5.92 Å². The molecule has 4 fully saturated rings. The van der Waals surface area contributed by atoms with Gasteiger partial charge in [-0.3, -0.25) is 24.1 Å². The van der Waals surface area contributed by atoms with Gasteiger partial charge in [-0.2, -0.15) is 0 Å². The van der Waals surface area contributed by atoms with E-state index in [0.29, 0.717) is 213 Å². The molecule has 29 nitrogen and oxygen atoms in total. The van der Waals surface area contributed by atoms with E-state index in [1.807, 2.05) is 41.4 Å². The second kappa shape index (κ2) is 37.3. The van der Waals surface area contributed by atoms with E-state index in [2.05, 4.69) is 25.6 Å². The summed E-state index contributed by atoms with van der Waals surface area (Å²) in [7, 11) is 0. The van der Waals surface area contributed by atoms with Gasteiger partial charge in [0.1, 0.15) is 11.2 Å². The first kappa shape index (κ1) is 65.3. The van der Waals surface area contributed by atoms with Gasteiger partial charge in [0, 0.05) is 57.0 Å². The molecule has 0 unspecified atom stereocenters. The minimum atomic E-state index is -0.967. The van der Waals surface area contributed by atoms with Crippen molar-refractivity contribution in [1.82, 2.24) is 45.1 Å². The highest BCUT2D eigenvalue weighted by Crippen LogP contribution is 2.32. The molecule has 4 saturated heterocycles. The van der Waals surface area contributed by atoms with Crippen LogP contribution in [-0.4, -0.2) is 266 Å². The van der Waals surface area contributed by atoms with Gasteiger partial charge in [-0.25, -0.2) is 24.2 Å². The summed E-state index contributed by atoms with van der Waals surface area (Å²) in [4.78, 5) is 93.0. The molecule has 2 aromatic heterocycles. The van der Waals surface area contributed by atoms with Crippen LogP contribution in [0.15, 0.2) is 48.9 Å². The lowest BCUT2D eigenvalue weighted by molar-refractivity contribution is -0.198. The Bertz CT molecular complexity index is 2410. The molecule has 4 aliphatic rings. The molecule has 0 aliphatic carbocycles. The van der Waals surface area contributed by atoms with Crippen molar-refractivity contribution in [2.45, 2.75) is 50.7 Å². The monoisotopic (exact) mass is 1180 g/mol. The van der Waals surface area contributed by atoms with Crippen LogP contribution in [0.1, 0.15) is 37.7 Å². The average molecular weight is 1190 g/mol. The number of anilines is 1. The molecule has 7 rings (SSSR count). The molecule has 1 N–H and O–H groups in total. The van der Waals surface area contributed by atoms with Gasteiger partial charge in [-0.15, -0.1) is 10.2 Å². The Labute approximate surface area is 487 Å². The molecule has 1 spiro atoms. The normalized spacial score (nSPS) is 16.1. The zero-order chi connectivity index (χ0) is 58.9. The number of carbonyl (C=O) groups is 6. The minimum Gasteiger partial charge on any atom is -0.378 e. The summed E-state index contributed by atoms with van der Waals surface area (Å²) in [6.07, 6.45) is 5.98. The molecule has 0 saturated carbocycles. The van der Waals surface area contributed by atoms with Crippen LogP contribution in [0.25, 0.3) is 11.3 Å². The van der Waals surface area contributed by atoms with Crippen molar-refractivity contribution in [2.75, 3.05) is 190 Å². The van der Waals surface area contributed by atoms with Gasteiger partial charge in [0.15, 0.2) is 0 Å². The first-order valence-electron chi connectivity index (χ1n) is 28.6. The van der Waals surface area contributed by atoms with Crippen molar-refractivity contribution in [3.8, 4) is 11.3 Å². The van der Waals surface area contributed by atoms with Crippen molar-refractivity contribution >= 4 is 41.6 Å². The molecule has 4 aliphatic heterocycles. The number of likely N-dealkylation sites (tertiary alicyclic amines) is 1. The summed E-state index contributed by atoms with van der Waals surface area (Å²) in [5.74, 6) is -1.60. The van der Waals surface area contributed by atoms with Crippen molar-refractivity contribution in [3.63, 3.8) is 0 Å². The van der Waals surface area contributed by atoms with Crippen LogP contribution in [0.4, 0.5) is 10.7 Å². The predicted octanol–water partition coefficient (Wildman–Crippen LogP) is 0.481. The molecule has 6 amide bonds. The van der Waals surface area contributed by atoms with Crippen LogP contribution >= 0.6 is 0 Å². The zero-order valence-electron chi connectivity index (χ0n) is 47.7. The minimum absolute atomic E-state index is 0.0373. The van der Waals surface area contributed by atoms with Gasteiger partial charge in [0.2, 0.25) is 11.9 Å². The number of imide groups is 2.